The van der Waals surface area contributed by atoms with Crippen LogP contribution < -0.4 is 0 Å². The van der Waals surface area contributed by atoms with E-state index in [0.29, 0.717) is 11.8 Å². The van der Waals surface area contributed by atoms with E-state index in [1.165, 1.54) is 0 Å². The molecule has 3 heteroatoms. The molecule has 0 atom stereocenters. The smallest absolute Gasteiger partial charge is 0.169 e. The van der Waals surface area contributed by atoms with Crippen molar-refractivity contribution in [1.82, 2.24) is 0 Å². The Kier molecular flexibility index (Phi) is 3.17. The molecule has 0 bridgehead atoms. The number of carbonyl (C=O) groups is 2. The van der Waals surface area contributed by atoms with Crippen LogP contribution in [0.4, 0.5) is 0 Å². The summed E-state index contributed by atoms with van der Waals surface area (Å²) in [5, 5.41) is 0. The van der Waals surface area contributed by atoms with Crippen molar-refractivity contribution in [1.29, 1.82) is 0 Å². The zero-order valence-electron chi connectivity index (χ0n) is 6.29. The van der Waals surface area contributed by atoms with E-state index in [9.17, 15) is 9.59 Å². The first kappa shape index (κ1) is 9.13. The molecule has 0 aliphatic heterocycles. The third-order valence-electron chi connectivity index (χ3n) is 1.43. The molecular formula is C9H7BrO2. The predicted molar refractivity (Wildman–Crippen MR) is 49.2 cm³/mol. The summed E-state index contributed by atoms with van der Waals surface area (Å²) in [6.45, 7) is 0. The zero-order chi connectivity index (χ0) is 8.97. The van der Waals surface area contributed by atoms with E-state index in [0.717, 1.165) is 4.47 Å². The Bertz CT molecular complexity index is 290. The number of hydrogen-bond acceptors (Lipinski definition) is 2. The monoisotopic (exact) mass is 226 g/mol. The highest BCUT2D eigenvalue weighted by atomic mass is 79.9. The predicted octanol–water partition coefficient (Wildman–Crippen LogP) is 2.22. The van der Waals surface area contributed by atoms with Crippen molar-refractivity contribution in [3.63, 3.8) is 0 Å². The van der Waals surface area contributed by atoms with E-state index in [-0.39, 0.29) is 12.2 Å². The van der Waals surface area contributed by atoms with E-state index < -0.39 is 0 Å². The van der Waals surface area contributed by atoms with Gasteiger partial charge in [-0.3, -0.25) is 4.79 Å². The van der Waals surface area contributed by atoms with Gasteiger partial charge in [-0.25, -0.2) is 0 Å². The van der Waals surface area contributed by atoms with Crippen LogP contribution in [0, 0.1) is 0 Å². The van der Waals surface area contributed by atoms with Crippen molar-refractivity contribution in [3.8, 4) is 0 Å². The van der Waals surface area contributed by atoms with Gasteiger partial charge in [-0.05, 0) is 12.1 Å². The molecule has 0 aliphatic carbocycles. The molecule has 0 saturated heterocycles. The summed E-state index contributed by atoms with van der Waals surface area (Å²) in [7, 11) is 0. The van der Waals surface area contributed by atoms with Gasteiger partial charge in [0.05, 0.1) is 6.42 Å². The van der Waals surface area contributed by atoms with Gasteiger partial charge in [0.2, 0.25) is 0 Å². The van der Waals surface area contributed by atoms with Gasteiger partial charge in [-0.15, -0.1) is 0 Å². The minimum atomic E-state index is -0.141. The van der Waals surface area contributed by atoms with Crippen LogP contribution in [0.3, 0.4) is 0 Å². The number of ketones is 1. The number of aldehydes is 1. The highest BCUT2D eigenvalue weighted by Crippen LogP contribution is 2.11. The summed E-state index contributed by atoms with van der Waals surface area (Å²) < 4.78 is 0.921. The molecule has 0 heterocycles. The van der Waals surface area contributed by atoms with Crippen LogP contribution in [-0.4, -0.2) is 12.1 Å². The minimum absolute atomic E-state index is 0.0400. The maximum Gasteiger partial charge on any atom is 0.169 e. The quantitative estimate of drug-likeness (QED) is 0.450. The van der Waals surface area contributed by atoms with Crippen molar-refractivity contribution in [2.75, 3.05) is 0 Å². The van der Waals surface area contributed by atoms with Crippen molar-refractivity contribution < 1.29 is 9.59 Å². The van der Waals surface area contributed by atoms with Crippen LogP contribution in [0.15, 0.2) is 28.7 Å². The standard InChI is InChI=1S/C9H7BrO2/c10-8-3-1-7(2-4-8)9(12)5-6-11/h1-4,6H,5H2. The summed E-state index contributed by atoms with van der Waals surface area (Å²) in [6, 6.07) is 6.93. The lowest BCUT2D eigenvalue weighted by Gasteiger charge is -1.95. The molecule has 0 spiro atoms. The van der Waals surface area contributed by atoms with Gasteiger partial charge in [0.15, 0.2) is 5.78 Å². The lowest BCUT2D eigenvalue weighted by atomic mass is 10.1. The van der Waals surface area contributed by atoms with Crippen molar-refractivity contribution >= 4 is 28.0 Å². The average Bonchev–Trinajstić information content (AvgIpc) is 2.06. The summed E-state index contributed by atoms with van der Waals surface area (Å²) in [4.78, 5) is 21.1. The van der Waals surface area contributed by atoms with Gasteiger partial charge in [-0.1, -0.05) is 28.1 Å². The molecule has 0 saturated carbocycles. The molecule has 1 aromatic carbocycles. The highest BCUT2D eigenvalue weighted by molar-refractivity contribution is 9.10. The molecule has 0 aliphatic rings. The van der Waals surface area contributed by atoms with Crippen molar-refractivity contribution in [3.05, 3.63) is 34.3 Å². The number of benzene rings is 1. The lowest BCUT2D eigenvalue weighted by molar-refractivity contribution is -0.107. The number of carbonyl (C=O) groups excluding carboxylic acids is 2. The molecule has 2 nitrogen and oxygen atoms in total. The van der Waals surface area contributed by atoms with E-state index in [2.05, 4.69) is 15.9 Å². The molecule has 0 radical (unpaired) electrons. The largest absolute Gasteiger partial charge is 0.303 e. The van der Waals surface area contributed by atoms with Gasteiger partial charge >= 0.3 is 0 Å². The summed E-state index contributed by atoms with van der Waals surface area (Å²) in [5.41, 5.74) is 0.574. The van der Waals surface area contributed by atoms with Crippen LogP contribution >= 0.6 is 15.9 Å². The third kappa shape index (κ3) is 2.27. The molecule has 0 N–H and O–H groups in total. The highest BCUT2D eigenvalue weighted by Gasteiger charge is 2.02. The molecule has 0 aromatic heterocycles. The van der Waals surface area contributed by atoms with Gasteiger partial charge in [-0.2, -0.15) is 0 Å². The van der Waals surface area contributed by atoms with E-state index in [1.54, 1.807) is 24.3 Å². The molecule has 0 unspecified atom stereocenters. The number of rotatable bonds is 3. The van der Waals surface area contributed by atoms with Gasteiger partial charge in [0, 0.05) is 10.0 Å². The van der Waals surface area contributed by atoms with Crippen LogP contribution in [0.2, 0.25) is 0 Å². The Labute approximate surface area is 78.7 Å². The average molecular weight is 227 g/mol. The van der Waals surface area contributed by atoms with Crippen molar-refractivity contribution in [2.24, 2.45) is 0 Å². The SMILES string of the molecule is O=CCC(=O)c1ccc(Br)cc1. The van der Waals surface area contributed by atoms with Gasteiger partial charge < -0.3 is 4.79 Å². The van der Waals surface area contributed by atoms with Gasteiger partial charge in [0.25, 0.3) is 0 Å². The Morgan fingerprint density at radius 1 is 1.33 bits per heavy atom. The first-order valence-corrected chi connectivity index (χ1v) is 4.25. The fourth-order valence-electron chi connectivity index (χ4n) is 0.829. The van der Waals surface area contributed by atoms with Crippen molar-refractivity contribution in [2.45, 2.75) is 6.42 Å². The topological polar surface area (TPSA) is 34.1 Å². The second-order valence-electron chi connectivity index (χ2n) is 2.30. The molecular weight excluding hydrogens is 220 g/mol. The fraction of sp³-hybridized carbons (Fsp3) is 0.111. The summed E-state index contributed by atoms with van der Waals surface area (Å²) in [5.74, 6) is -0.141. The molecule has 0 amide bonds. The molecule has 12 heavy (non-hydrogen) atoms. The minimum Gasteiger partial charge on any atom is -0.303 e. The molecule has 0 fully saturated rings. The number of hydrogen-bond donors (Lipinski definition) is 0. The molecule has 62 valence electrons. The Hall–Kier alpha value is -0.960. The maximum absolute atomic E-state index is 11.1. The Morgan fingerprint density at radius 2 is 1.92 bits per heavy atom. The van der Waals surface area contributed by atoms with E-state index in [1.807, 2.05) is 0 Å². The Balaban J connectivity index is 2.82. The second kappa shape index (κ2) is 4.16. The lowest BCUT2D eigenvalue weighted by Crippen LogP contribution is -1.98. The second-order valence-corrected chi connectivity index (χ2v) is 3.22. The molecule has 1 rings (SSSR count). The molecule has 1 aromatic rings. The Morgan fingerprint density at radius 3 is 2.42 bits per heavy atom. The van der Waals surface area contributed by atoms with Crippen LogP contribution in [0.25, 0.3) is 0 Å². The van der Waals surface area contributed by atoms with Crippen LogP contribution in [0.5, 0.6) is 0 Å². The summed E-state index contributed by atoms with van der Waals surface area (Å²) in [6.07, 6.45) is 0.575. The normalized spacial score (nSPS) is 9.42. The number of Topliss-reactive ketones (excluding diaryl/α,β-unsaturated/α-hetero) is 1. The van der Waals surface area contributed by atoms with Crippen LogP contribution in [-0.2, 0) is 4.79 Å². The zero-order valence-corrected chi connectivity index (χ0v) is 7.87. The maximum atomic E-state index is 11.1. The van der Waals surface area contributed by atoms with E-state index in [4.69, 9.17) is 0 Å². The van der Waals surface area contributed by atoms with E-state index >= 15 is 0 Å². The third-order valence-corrected chi connectivity index (χ3v) is 1.96. The van der Waals surface area contributed by atoms with Gasteiger partial charge in [0.1, 0.15) is 6.29 Å². The van der Waals surface area contributed by atoms with Crippen LogP contribution in [0.1, 0.15) is 16.8 Å². The fourth-order valence-corrected chi connectivity index (χ4v) is 1.09. The summed E-state index contributed by atoms with van der Waals surface area (Å²) >= 11 is 3.25. The first-order chi connectivity index (χ1) is 5.74. The first-order valence-electron chi connectivity index (χ1n) is 3.46. The number of halogens is 1.